The third kappa shape index (κ3) is 7.21. The van der Waals surface area contributed by atoms with Gasteiger partial charge < -0.3 is 20.5 Å². The third-order valence-electron chi connectivity index (χ3n) is 3.56. The molecule has 5 nitrogen and oxygen atoms in total. The molecule has 3 N–H and O–H groups in total. The Balaban J connectivity index is 0.00000312. The van der Waals surface area contributed by atoms with Crippen LogP contribution in [0.25, 0.3) is 0 Å². The molecule has 2 aromatic carbocycles. The Labute approximate surface area is 166 Å². The highest BCUT2D eigenvalue weighted by molar-refractivity contribution is 14.0. The number of aromatic hydroxyl groups is 1. The predicted octanol–water partition coefficient (Wildman–Crippen LogP) is 3.32. The predicted molar refractivity (Wildman–Crippen MR) is 113 cm³/mol. The number of hydrogen-bond acceptors (Lipinski definition) is 3. The van der Waals surface area contributed by atoms with Gasteiger partial charge in [-0.1, -0.05) is 36.4 Å². The van der Waals surface area contributed by atoms with Gasteiger partial charge in [-0.25, -0.2) is 4.99 Å². The van der Waals surface area contributed by atoms with Crippen molar-refractivity contribution in [2.75, 3.05) is 20.2 Å². The molecule has 2 rings (SSSR count). The fourth-order valence-corrected chi connectivity index (χ4v) is 2.30. The SMILES string of the molecule is CCNC(=NCc1ccccc1)NCCc1ccc(O)c(OC)c1.I. The summed E-state index contributed by atoms with van der Waals surface area (Å²) in [5, 5.41) is 16.2. The molecular formula is C19H26IN3O2. The Morgan fingerprint density at radius 2 is 1.84 bits per heavy atom. The molecule has 0 atom stereocenters. The molecule has 0 aliphatic carbocycles. The van der Waals surface area contributed by atoms with Gasteiger partial charge in [-0.05, 0) is 36.6 Å². The molecule has 0 saturated carbocycles. The zero-order chi connectivity index (χ0) is 17.2. The Morgan fingerprint density at radius 3 is 2.52 bits per heavy atom. The summed E-state index contributed by atoms with van der Waals surface area (Å²) in [7, 11) is 1.55. The van der Waals surface area contributed by atoms with Gasteiger partial charge in [0.1, 0.15) is 0 Å². The first-order valence-corrected chi connectivity index (χ1v) is 8.15. The first-order chi connectivity index (χ1) is 11.7. The molecule has 136 valence electrons. The van der Waals surface area contributed by atoms with E-state index in [4.69, 9.17) is 4.74 Å². The minimum atomic E-state index is 0. The molecule has 0 saturated heterocycles. The van der Waals surface area contributed by atoms with Crippen LogP contribution in [0.1, 0.15) is 18.1 Å². The third-order valence-corrected chi connectivity index (χ3v) is 3.56. The molecule has 0 unspecified atom stereocenters. The normalized spacial score (nSPS) is 10.7. The lowest BCUT2D eigenvalue weighted by Crippen LogP contribution is -2.38. The van der Waals surface area contributed by atoms with Gasteiger partial charge in [0.2, 0.25) is 0 Å². The van der Waals surface area contributed by atoms with E-state index >= 15 is 0 Å². The molecule has 0 aliphatic rings. The summed E-state index contributed by atoms with van der Waals surface area (Å²) < 4.78 is 5.13. The maximum atomic E-state index is 9.63. The first kappa shape index (κ1) is 21.1. The quantitative estimate of drug-likeness (QED) is 0.341. The summed E-state index contributed by atoms with van der Waals surface area (Å²) in [6.07, 6.45) is 0.812. The topological polar surface area (TPSA) is 65.9 Å². The number of halogens is 1. The van der Waals surface area contributed by atoms with Crippen LogP contribution in [-0.4, -0.2) is 31.3 Å². The molecule has 2 aromatic rings. The van der Waals surface area contributed by atoms with E-state index in [1.54, 1.807) is 13.2 Å². The van der Waals surface area contributed by atoms with Gasteiger partial charge in [-0.2, -0.15) is 0 Å². The Morgan fingerprint density at radius 1 is 1.08 bits per heavy atom. The number of ether oxygens (including phenoxy) is 1. The maximum Gasteiger partial charge on any atom is 0.191 e. The highest BCUT2D eigenvalue weighted by atomic mass is 127. The highest BCUT2D eigenvalue weighted by Gasteiger charge is 2.03. The zero-order valence-electron chi connectivity index (χ0n) is 14.7. The second-order valence-corrected chi connectivity index (χ2v) is 5.36. The molecule has 6 heteroatoms. The monoisotopic (exact) mass is 455 g/mol. The van der Waals surface area contributed by atoms with Crippen molar-refractivity contribution in [1.82, 2.24) is 10.6 Å². The number of nitrogens with one attached hydrogen (secondary N) is 2. The van der Waals surface area contributed by atoms with E-state index in [2.05, 4.69) is 27.8 Å². The number of benzene rings is 2. The second kappa shape index (κ2) is 11.6. The summed E-state index contributed by atoms with van der Waals surface area (Å²) in [5.41, 5.74) is 2.27. The van der Waals surface area contributed by atoms with Gasteiger partial charge in [0.05, 0.1) is 13.7 Å². The molecule has 0 fully saturated rings. The average Bonchev–Trinajstić information content (AvgIpc) is 2.62. The van der Waals surface area contributed by atoms with Crippen molar-refractivity contribution in [2.24, 2.45) is 4.99 Å². The Bertz CT molecular complexity index is 663. The van der Waals surface area contributed by atoms with Gasteiger partial charge in [0.15, 0.2) is 17.5 Å². The van der Waals surface area contributed by atoms with Crippen LogP contribution in [0.2, 0.25) is 0 Å². The summed E-state index contributed by atoms with van der Waals surface area (Å²) in [4.78, 5) is 4.59. The molecule has 0 amide bonds. The Kier molecular flexibility index (Phi) is 9.76. The number of hydrogen-bond donors (Lipinski definition) is 3. The van der Waals surface area contributed by atoms with E-state index in [1.807, 2.05) is 37.3 Å². The van der Waals surface area contributed by atoms with E-state index in [0.29, 0.717) is 12.3 Å². The molecule has 0 aromatic heterocycles. The van der Waals surface area contributed by atoms with E-state index in [-0.39, 0.29) is 29.7 Å². The number of nitrogens with zero attached hydrogens (tertiary/aromatic N) is 1. The minimum Gasteiger partial charge on any atom is -0.504 e. The van der Waals surface area contributed by atoms with Crippen LogP contribution in [0.3, 0.4) is 0 Å². The van der Waals surface area contributed by atoms with Crippen molar-refractivity contribution in [3.8, 4) is 11.5 Å². The molecule has 0 spiro atoms. The summed E-state index contributed by atoms with van der Waals surface area (Å²) in [5.74, 6) is 1.45. The van der Waals surface area contributed by atoms with Crippen molar-refractivity contribution in [2.45, 2.75) is 19.9 Å². The molecule has 25 heavy (non-hydrogen) atoms. The number of methoxy groups -OCH3 is 1. The van der Waals surface area contributed by atoms with Gasteiger partial charge in [0, 0.05) is 13.1 Å². The molecule has 0 heterocycles. The summed E-state index contributed by atoms with van der Waals surface area (Å²) in [6, 6.07) is 15.6. The van der Waals surface area contributed by atoms with Crippen molar-refractivity contribution < 1.29 is 9.84 Å². The van der Waals surface area contributed by atoms with Crippen LogP contribution in [0.5, 0.6) is 11.5 Å². The van der Waals surface area contributed by atoms with Gasteiger partial charge in [-0.3, -0.25) is 0 Å². The van der Waals surface area contributed by atoms with Crippen LogP contribution in [0, 0.1) is 0 Å². The van der Waals surface area contributed by atoms with Crippen molar-refractivity contribution in [3.05, 3.63) is 59.7 Å². The lowest BCUT2D eigenvalue weighted by molar-refractivity contribution is 0.373. The molecular weight excluding hydrogens is 429 g/mol. The molecule has 0 bridgehead atoms. The second-order valence-electron chi connectivity index (χ2n) is 5.36. The van der Waals surface area contributed by atoms with Gasteiger partial charge in [0.25, 0.3) is 0 Å². The molecule has 0 aliphatic heterocycles. The van der Waals surface area contributed by atoms with E-state index in [1.165, 1.54) is 5.56 Å². The number of rotatable bonds is 7. The number of aliphatic imine (C=N–C) groups is 1. The zero-order valence-corrected chi connectivity index (χ0v) is 17.0. The van der Waals surface area contributed by atoms with Crippen molar-refractivity contribution >= 4 is 29.9 Å². The highest BCUT2D eigenvalue weighted by Crippen LogP contribution is 2.26. The average molecular weight is 455 g/mol. The van der Waals surface area contributed by atoms with E-state index < -0.39 is 0 Å². The lowest BCUT2D eigenvalue weighted by Gasteiger charge is -2.12. The summed E-state index contributed by atoms with van der Waals surface area (Å²) >= 11 is 0. The van der Waals surface area contributed by atoms with Crippen molar-refractivity contribution in [3.63, 3.8) is 0 Å². The minimum absolute atomic E-state index is 0. The lowest BCUT2D eigenvalue weighted by atomic mass is 10.1. The van der Waals surface area contributed by atoms with Gasteiger partial charge in [-0.15, -0.1) is 24.0 Å². The first-order valence-electron chi connectivity index (χ1n) is 8.15. The van der Waals surface area contributed by atoms with Crippen LogP contribution in [0.15, 0.2) is 53.5 Å². The van der Waals surface area contributed by atoms with Gasteiger partial charge >= 0.3 is 0 Å². The van der Waals surface area contributed by atoms with Crippen LogP contribution >= 0.6 is 24.0 Å². The van der Waals surface area contributed by atoms with Crippen LogP contribution in [0.4, 0.5) is 0 Å². The molecule has 0 radical (unpaired) electrons. The number of phenolic OH excluding ortho intramolecular Hbond substituents is 1. The largest absolute Gasteiger partial charge is 0.504 e. The van der Waals surface area contributed by atoms with Crippen molar-refractivity contribution in [1.29, 1.82) is 0 Å². The number of guanidine groups is 1. The summed E-state index contributed by atoms with van der Waals surface area (Å²) in [6.45, 7) is 4.25. The number of phenols is 1. The Hall–Kier alpha value is -1.96. The van der Waals surface area contributed by atoms with Crippen LogP contribution in [-0.2, 0) is 13.0 Å². The fraction of sp³-hybridized carbons (Fsp3) is 0.316. The maximum absolute atomic E-state index is 9.63. The van der Waals surface area contributed by atoms with E-state index in [9.17, 15) is 5.11 Å². The van der Waals surface area contributed by atoms with E-state index in [0.717, 1.165) is 31.0 Å². The smallest absolute Gasteiger partial charge is 0.191 e. The fourth-order valence-electron chi connectivity index (χ4n) is 2.30. The van der Waals surface area contributed by atoms with Crippen LogP contribution < -0.4 is 15.4 Å². The standard InChI is InChI=1S/C19H25N3O2.HI/c1-3-20-19(22-14-16-7-5-4-6-8-16)21-12-11-15-9-10-17(23)18(13-15)24-2;/h4-10,13,23H,3,11-12,14H2,1-2H3,(H2,20,21,22);1H.